The molecule has 0 saturated carbocycles. The summed E-state index contributed by atoms with van der Waals surface area (Å²) in [5, 5.41) is 2.27. The van der Waals surface area contributed by atoms with E-state index in [1.54, 1.807) is 23.1 Å². The molecule has 3 rings (SSSR count). The van der Waals surface area contributed by atoms with Crippen molar-refractivity contribution in [2.24, 2.45) is 0 Å². The van der Waals surface area contributed by atoms with Crippen molar-refractivity contribution in [3.05, 3.63) is 64.2 Å². The van der Waals surface area contributed by atoms with Crippen LogP contribution in [0.3, 0.4) is 0 Å². The first-order valence-electron chi connectivity index (χ1n) is 8.42. The van der Waals surface area contributed by atoms with Crippen molar-refractivity contribution in [1.82, 2.24) is 0 Å². The summed E-state index contributed by atoms with van der Waals surface area (Å²) in [5.74, 6) is -0.524. The van der Waals surface area contributed by atoms with Gasteiger partial charge in [-0.15, -0.1) is 0 Å². The Bertz CT molecular complexity index is 970. The number of nitrogens with one attached hydrogen (secondary N) is 1. The molecule has 1 aliphatic rings. The van der Waals surface area contributed by atoms with E-state index in [2.05, 4.69) is 5.32 Å². The zero-order valence-electron chi connectivity index (χ0n) is 14.8. The molecule has 146 valence electrons. The number of hydrogen-bond acceptors (Lipinski definition) is 2. The third-order valence-electron chi connectivity index (χ3n) is 4.35. The smallest absolute Gasteiger partial charge is 0.323 e. The number of halogens is 4. The highest BCUT2D eigenvalue weighted by Crippen LogP contribution is 2.35. The van der Waals surface area contributed by atoms with Crippen molar-refractivity contribution in [2.45, 2.75) is 19.5 Å². The van der Waals surface area contributed by atoms with Gasteiger partial charge in [-0.25, -0.2) is 0 Å². The molecule has 0 saturated heterocycles. The van der Waals surface area contributed by atoms with Crippen LogP contribution < -0.4 is 10.2 Å². The number of carbonyl (C=O) groups excluding carboxylic acids is 2. The Kier molecular flexibility index (Phi) is 5.47. The third-order valence-corrected chi connectivity index (χ3v) is 4.68. The summed E-state index contributed by atoms with van der Waals surface area (Å²) in [6, 6.07) is 8.65. The fraction of sp³-hybridized carbons (Fsp3) is 0.200. The maximum Gasteiger partial charge on any atom is 0.417 e. The molecule has 1 N–H and O–H groups in total. The van der Waals surface area contributed by atoms with Crippen LogP contribution >= 0.6 is 11.6 Å². The molecule has 4 nitrogen and oxygen atoms in total. The van der Waals surface area contributed by atoms with E-state index in [1.165, 1.54) is 19.1 Å². The first-order chi connectivity index (χ1) is 13.1. The number of anilines is 2. The van der Waals surface area contributed by atoms with Crippen LogP contribution in [0, 0.1) is 0 Å². The molecule has 0 fully saturated rings. The average molecular weight is 409 g/mol. The zero-order chi connectivity index (χ0) is 20.5. The van der Waals surface area contributed by atoms with Gasteiger partial charge in [0, 0.05) is 30.9 Å². The van der Waals surface area contributed by atoms with E-state index in [0.29, 0.717) is 18.7 Å². The zero-order valence-corrected chi connectivity index (χ0v) is 15.6. The number of hydrogen-bond donors (Lipinski definition) is 1. The Balaban J connectivity index is 1.71. The van der Waals surface area contributed by atoms with Gasteiger partial charge < -0.3 is 10.2 Å². The number of fused-ring (bicyclic) bond motifs is 1. The highest BCUT2D eigenvalue weighted by Gasteiger charge is 2.33. The first-order valence-corrected chi connectivity index (χ1v) is 8.80. The molecule has 0 radical (unpaired) electrons. The lowest BCUT2D eigenvalue weighted by Gasteiger charge is -2.14. The van der Waals surface area contributed by atoms with Gasteiger partial charge in [-0.3, -0.25) is 9.59 Å². The molecular weight excluding hydrogens is 393 g/mol. The lowest BCUT2D eigenvalue weighted by atomic mass is 10.1. The fourth-order valence-corrected chi connectivity index (χ4v) is 3.25. The summed E-state index contributed by atoms with van der Waals surface area (Å²) < 4.78 is 38.7. The van der Waals surface area contributed by atoms with Crippen molar-refractivity contribution in [3.8, 4) is 0 Å². The van der Waals surface area contributed by atoms with Gasteiger partial charge in [-0.1, -0.05) is 17.7 Å². The largest absolute Gasteiger partial charge is 0.417 e. The average Bonchev–Trinajstić information content (AvgIpc) is 3.03. The fourth-order valence-electron chi connectivity index (χ4n) is 3.03. The number of rotatable bonds is 3. The molecule has 0 bridgehead atoms. The van der Waals surface area contributed by atoms with Crippen LogP contribution in [0.4, 0.5) is 24.5 Å². The Morgan fingerprint density at radius 2 is 1.93 bits per heavy atom. The second-order valence-corrected chi connectivity index (χ2v) is 6.73. The Morgan fingerprint density at radius 3 is 2.61 bits per heavy atom. The topological polar surface area (TPSA) is 49.4 Å². The molecule has 1 heterocycles. The number of benzene rings is 2. The maximum absolute atomic E-state index is 12.9. The maximum atomic E-state index is 12.9. The monoisotopic (exact) mass is 408 g/mol. The molecule has 0 aliphatic carbocycles. The molecular formula is C20H16ClF3N2O2. The molecule has 0 spiro atoms. The van der Waals surface area contributed by atoms with Gasteiger partial charge in [0.05, 0.1) is 10.6 Å². The summed E-state index contributed by atoms with van der Waals surface area (Å²) >= 11 is 5.58. The molecule has 28 heavy (non-hydrogen) atoms. The predicted octanol–water partition coefficient (Wildman–Crippen LogP) is 4.92. The van der Waals surface area contributed by atoms with Gasteiger partial charge >= 0.3 is 6.18 Å². The normalized spacial score (nSPS) is 13.7. The number of nitrogens with zero attached hydrogens (tertiary/aromatic N) is 1. The van der Waals surface area contributed by atoms with Crippen molar-refractivity contribution in [2.75, 3.05) is 16.8 Å². The van der Waals surface area contributed by atoms with E-state index in [0.717, 1.165) is 29.5 Å². The molecule has 2 aromatic rings. The molecule has 8 heteroatoms. The minimum Gasteiger partial charge on any atom is -0.323 e. The van der Waals surface area contributed by atoms with Crippen molar-refractivity contribution in [1.29, 1.82) is 0 Å². The van der Waals surface area contributed by atoms with E-state index in [1.807, 2.05) is 0 Å². The van der Waals surface area contributed by atoms with Gasteiger partial charge in [0.2, 0.25) is 11.8 Å². The second kappa shape index (κ2) is 7.67. The number of amides is 2. The van der Waals surface area contributed by atoms with Crippen molar-refractivity contribution < 1.29 is 22.8 Å². The minimum absolute atomic E-state index is 0.0420. The van der Waals surface area contributed by atoms with E-state index in [-0.39, 0.29) is 11.5 Å². The van der Waals surface area contributed by atoms with Crippen molar-refractivity contribution in [3.63, 3.8) is 0 Å². The van der Waals surface area contributed by atoms with Crippen LogP contribution in [-0.2, 0) is 22.2 Å². The number of carbonyl (C=O) groups is 2. The van der Waals surface area contributed by atoms with E-state index in [4.69, 9.17) is 11.6 Å². The lowest BCUT2D eigenvalue weighted by molar-refractivity contribution is -0.137. The Hall–Kier alpha value is -2.80. The highest BCUT2D eigenvalue weighted by molar-refractivity contribution is 6.31. The molecule has 0 atom stereocenters. The Morgan fingerprint density at radius 1 is 1.18 bits per heavy atom. The summed E-state index contributed by atoms with van der Waals surface area (Å²) in [7, 11) is 0. The first kappa shape index (κ1) is 19.9. The van der Waals surface area contributed by atoms with Crippen LogP contribution in [0.5, 0.6) is 0 Å². The van der Waals surface area contributed by atoms with Crippen LogP contribution in [0.2, 0.25) is 5.02 Å². The lowest BCUT2D eigenvalue weighted by Crippen LogP contribution is -2.25. The van der Waals surface area contributed by atoms with Gasteiger partial charge in [0.1, 0.15) is 0 Å². The van der Waals surface area contributed by atoms with Crippen LogP contribution in [0.1, 0.15) is 23.6 Å². The highest BCUT2D eigenvalue weighted by atomic mass is 35.5. The predicted molar refractivity (Wildman–Crippen MR) is 102 cm³/mol. The standard InChI is InChI=1S/C20H16ClF3N2O2/c1-12(27)26-9-8-14-11-15(4-6-18(14)26)25-19(28)7-3-13-2-5-17(21)16(10-13)20(22,23)24/h2-7,10-11H,8-9H2,1H3,(H,25,28)/b7-3+. The SMILES string of the molecule is CC(=O)N1CCc2cc(NC(=O)/C=C/c3ccc(Cl)c(C(F)(F)F)c3)ccc21. The van der Waals surface area contributed by atoms with Gasteiger partial charge in [0.15, 0.2) is 0 Å². The van der Waals surface area contributed by atoms with Crippen LogP contribution in [-0.4, -0.2) is 18.4 Å². The summed E-state index contributed by atoms with van der Waals surface area (Å²) in [5.41, 5.74) is 1.57. The molecule has 2 aromatic carbocycles. The van der Waals surface area contributed by atoms with Crippen molar-refractivity contribution >= 4 is 40.9 Å². The third kappa shape index (κ3) is 4.36. The summed E-state index contributed by atoms with van der Waals surface area (Å²) in [4.78, 5) is 25.3. The van der Waals surface area contributed by atoms with Crippen LogP contribution in [0.15, 0.2) is 42.5 Å². The van der Waals surface area contributed by atoms with Gasteiger partial charge in [0.25, 0.3) is 0 Å². The Labute approximate surface area is 164 Å². The molecule has 0 aromatic heterocycles. The summed E-state index contributed by atoms with van der Waals surface area (Å²) in [6.07, 6.45) is -1.44. The second-order valence-electron chi connectivity index (χ2n) is 6.32. The van der Waals surface area contributed by atoms with E-state index >= 15 is 0 Å². The quantitative estimate of drug-likeness (QED) is 0.733. The van der Waals surface area contributed by atoms with E-state index in [9.17, 15) is 22.8 Å². The molecule has 0 unspecified atom stereocenters. The molecule has 2 amide bonds. The summed E-state index contributed by atoms with van der Waals surface area (Å²) in [6.45, 7) is 2.09. The molecule has 1 aliphatic heterocycles. The minimum atomic E-state index is -4.57. The van der Waals surface area contributed by atoms with Crippen LogP contribution in [0.25, 0.3) is 6.08 Å². The van der Waals surface area contributed by atoms with Gasteiger partial charge in [-0.05, 0) is 54.0 Å². The van der Waals surface area contributed by atoms with Gasteiger partial charge in [-0.2, -0.15) is 13.2 Å². The van der Waals surface area contributed by atoms with E-state index < -0.39 is 22.7 Å². The number of alkyl halides is 3.